The van der Waals surface area contributed by atoms with E-state index in [0.29, 0.717) is 12.4 Å². The van der Waals surface area contributed by atoms with Gasteiger partial charge in [0.05, 0.1) is 25.1 Å². The van der Waals surface area contributed by atoms with Gasteiger partial charge in [-0.2, -0.15) is 5.10 Å². The number of ether oxygens (including phenoxy) is 1. The fraction of sp³-hybridized carbons (Fsp3) is 0.588. The van der Waals surface area contributed by atoms with Crippen molar-refractivity contribution in [2.24, 2.45) is 0 Å². The molecule has 4 heterocycles. The predicted octanol–water partition coefficient (Wildman–Crippen LogP) is 0.754. The van der Waals surface area contributed by atoms with Gasteiger partial charge in [0.15, 0.2) is 5.82 Å². The molecule has 0 bridgehead atoms. The summed E-state index contributed by atoms with van der Waals surface area (Å²) in [5.41, 5.74) is -0.385. The molecule has 2 aromatic heterocycles. The quantitative estimate of drug-likeness (QED) is 0.763. The van der Waals surface area contributed by atoms with E-state index in [4.69, 9.17) is 9.15 Å². The second kappa shape index (κ2) is 5.96. The first-order chi connectivity index (χ1) is 12.0. The highest BCUT2D eigenvalue weighted by molar-refractivity contribution is 5.07. The lowest BCUT2D eigenvalue weighted by Crippen LogP contribution is -2.53. The molecule has 134 valence electrons. The summed E-state index contributed by atoms with van der Waals surface area (Å²) < 4.78 is 14.0. The molecular formula is C17H22N4O4. The maximum Gasteiger partial charge on any atom is 0.332 e. The zero-order valence-corrected chi connectivity index (χ0v) is 14.5. The lowest BCUT2D eigenvalue weighted by molar-refractivity contribution is -0.0860. The largest absolute Gasteiger partial charge is 0.472 e. The third-order valence-corrected chi connectivity index (χ3v) is 5.00. The van der Waals surface area contributed by atoms with Crippen LogP contribution in [0.4, 0.5) is 0 Å². The van der Waals surface area contributed by atoms with Gasteiger partial charge in [0, 0.05) is 25.2 Å². The number of aromatic nitrogens is 3. The Hall–Kier alpha value is -2.19. The molecule has 8 nitrogen and oxygen atoms in total. The fourth-order valence-corrected chi connectivity index (χ4v) is 3.68. The molecule has 0 aliphatic carbocycles. The molecule has 1 unspecified atom stereocenters. The van der Waals surface area contributed by atoms with Crippen LogP contribution in [0.1, 0.15) is 37.7 Å². The number of hydrogen-bond donors (Lipinski definition) is 0. The molecule has 0 N–H and O–H groups in total. The van der Waals surface area contributed by atoms with Gasteiger partial charge >= 0.3 is 11.1 Å². The van der Waals surface area contributed by atoms with Crippen molar-refractivity contribution in [1.29, 1.82) is 0 Å². The van der Waals surface area contributed by atoms with Crippen molar-refractivity contribution in [3.05, 3.63) is 50.7 Å². The van der Waals surface area contributed by atoms with Crippen molar-refractivity contribution in [1.82, 2.24) is 19.2 Å². The Kier molecular flexibility index (Phi) is 3.88. The predicted molar refractivity (Wildman–Crippen MR) is 89.3 cm³/mol. The van der Waals surface area contributed by atoms with E-state index in [0.717, 1.165) is 31.6 Å². The summed E-state index contributed by atoms with van der Waals surface area (Å²) in [7, 11) is 0. The van der Waals surface area contributed by atoms with Crippen LogP contribution >= 0.6 is 0 Å². The lowest BCUT2D eigenvalue weighted by atomic mass is 10.0. The molecule has 0 radical (unpaired) electrons. The summed E-state index contributed by atoms with van der Waals surface area (Å²) >= 11 is 0. The summed E-state index contributed by atoms with van der Waals surface area (Å²) in [6.45, 7) is 6.69. The maximum atomic E-state index is 12.5. The molecular weight excluding hydrogens is 324 g/mol. The minimum absolute atomic E-state index is 0.154. The Morgan fingerprint density at radius 1 is 1.28 bits per heavy atom. The monoisotopic (exact) mass is 346 g/mol. The minimum atomic E-state index is -0.566. The molecule has 1 spiro atoms. The van der Waals surface area contributed by atoms with Crippen LogP contribution in [0.5, 0.6) is 0 Å². The second-order valence-electron chi connectivity index (χ2n) is 7.21. The van der Waals surface area contributed by atoms with Crippen LogP contribution in [-0.2, 0) is 24.4 Å². The van der Waals surface area contributed by atoms with Crippen molar-refractivity contribution in [3.8, 4) is 0 Å². The van der Waals surface area contributed by atoms with E-state index >= 15 is 0 Å². The van der Waals surface area contributed by atoms with Crippen LogP contribution in [0.2, 0.25) is 0 Å². The summed E-state index contributed by atoms with van der Waals surface area (Å²) in [5, 5.41) is 4.32. The van der Waals surface area contributed by atoms with Gasteiger partial charge < -0.3 is 9.15 Å². The van der Waals surface area contributed by atoms with Crippen LogP contribution in [0, 0.1) is 0 Å². The molecule has 2 aromatic rings. The van der Waals surface area contributed by atoms with E-state index in [1.54, 1.807) is 12.5 Å². The SMILES string of the molecule is CC(C)n1nc2n(c(=O)c1=O)CC1(CCN(Cc3ccoc3)C1)OC2. The highest BCUT2D eigenvalue weighted by Crippen LogP contribution is 2.31. The molecule has 1 fully saturated rings. The van der Waals surface area contributed by atoms with Gasteiger partial charge in [0.1, 0.15) is 12.2 Å². The van der Waals surface area contributed by atoms with Gasteiger partial charge in [-0.25, -0.2) is 4.68 Å². The van der Waals surface area contributed by atoms with Gasteiger partial charge in [0.25, 0.3) is 0 Å². The number of furan rings is 1. The highest BCUT2D eigenvalue weighted by atomic mass is 16.5. The Bertz CT molecular complexity index is 883. The van der Waals surface area contributed by atoms with Crippen molar-refractivity contribution in [2.75, 3.05) is 13.1 Å². The Balaban J connectivity index is 1.58. The number of likely N-dealkylation sites (tertiary alicyclic amines) is 1. The minimum Gasteiger partial charge on any atom is -0.472 e. The van der Waals surface area contributed by atoms with Gasteiger partial charge in [-0.15, -0.1) is 0 Å². The van der Waals surface area contributed by atoms with Crippen LogP contribution in [-0.4, -0.2) is 37.9 Å². The smallest absolute Gasteiger partial charge is 0.332 e. The third-order valence-electron chi connectivity index (χ3n) is 5.00. The van der Waals surface area contributed by atoms with E-state index < -0.39 is 16.7 Å². The number of fused-ring (bicyclic) bond motifs is 1. The third kappa shape index (κ3) is 2.85. The van der Waals surface area contributed by atoms with Gasteiger partial charge in [-0.1, -0.05) is 0 Å². The molecule has 25 heavy (non-hydrogen) atoms. The Morgan fingerprint density at radius 3 is 2.84 bits per heavy atom. The van der Waals surface area contributed by atoms with Crippen LogP contribution in [0.3, 0.4) is 0 Å². The molecule has 1 saturated heterocycles. The number of hydrogen-bond acceptors (Lipinski definition) is 6. The van der Waals surface area contributed by atoms with Crippen LogP contribution < -0.4 is 11.1 Å². The summed E-state index contributed by atoms with van der Waals surface area (Å²) in [5.74, 6) is 0.525. The molecule has 1 atom stereocenters. The topological polar surface area (TPSA) is 82.5 Å². The number of rotatable bonds is 3. The summed E-state index contributed by atoms with van der Waals surface area (Å²) in [4.78, 5) is 27.1. The van der Waals surface area contributed by atoms with E-state index in [1.807, 2.05) is 19.9 Å². The average Bonchev–Trinajstić information content (AvgIpc) is 3.22. The molecule has 0 aromatic carbocycles. The van der Waals surface area contributed by atoms with Gasteiger partial charge in [-0.3, -0.25) is 19.1 Å². The zero-order valence-electron chi connectivity index (χ0n) is 14.5. The van der Waals surface area contributed by atoms with Gasteiger partial charge in [0.2, 0.25) is 0 Å². The Labute approximate surface area is 144 Å². The van der Waals surface area contributed by atoms with Crippen LogP contribution in [0.25, 0.3) is 0 Å². The standard InChI is InChI=1S/C17H22N4O4/c1-12(2)21-16(23)15(22)20-11-17(25-9-14(20)18-21)4-5-19(10-17)7-13-3-6-24-8-13/h3,6,8,12H,4-5,7,9-11H2,1-2H3. The lowest BCUT2D eigenvalue weighted by Gasteiger charge is -2.35. The first kappa shape index (κ1) is 16.3. The molecule has 2 aliphatic rings. The molecule has 0 saturated carbocycles. The first-order valence-electron chi connectivity index (χ1n) is 8.57. The zero-order chi connectivity index (χ0) is 17.6. The van der Waals surface area contributed by atoms with E-state index in [9.17, 15) is 9.59 Å². The van der Waals surface area contributed by atoms with Gasteiger partial charge in [-0.05, 0) is 26.3 Å². The summed E-state index contributed by atoms with van der Waals surface area (Å²) in [6, 6.07) is 1.80. The normalized spacial score (nSPS) is 23.5. The first-order valence-corrected chi connectivity index (χ1v) is 8.57. The van der Waals surface area contributed by atoms with E-state index in [2.05, 4.69) is 10.00 Å². The van der Waals surface area contributed by atoms with Crippen LogP contribution in [0.15, 0.2) is 32.6 Å². The maximum absolute atomic E-state index is 12.5. The van der Waals surface area contributed by atoms with Crippen molar-refractivity contribution >= 4 is 0 Å². The number of nitrogens with zero attached hydrogens (tertiary/aromatic N) is 4. The van der Waals surface area contributed by atoms with Crippen molar-refractivity contribution in [3.63, 3.8) is 0 Å². The second-order valence-corrected chi connectivity index (χ2v) is 7.21. The molecule has 4 rings (SSSR count). The summed E-state index contributed by atoms with van der Waals surface area (Å²) in [6.07, 6.45) is 4.23. The highest BCUT2D eigenvalue weighted by Gasteiger charge is 2.43. The molecule has 8 heteroatoms. The fourth-order valence-electron chi connectivity index (χ4n) is 3.68. The Morgan fingerprint density at radius 2 is 2.12 bits per heavy atom. The molecule has 0 amide bonds. The molecule has 2 aliphatic heterocycles. The van der Waals surface area contributed by atoms with E-state index in [-0.39, 0.29) is 12.6 Å². The van der Waals surface area contributed by atoms with E-state index in [1.165, 1.54) is 9.25 Å². The van der Waals surface area contributed by atoms with Crippen molar-refractivity contribution < 1.29 is 9.15 Å². The van der Waals surface area contributed by atoms with Crippen molar-refractivity contribution in [2.45, 2.75) is 51.6 Å². The average molecular weight is 346 g/mol.